The zero-order valence-electron chi connectivity index (χ0n) is 10.0. The van der Waals surface area contributed by atoms with Crippen molar-refractivity contribution in [3.05, 3.63) is 17.5 Å². The number of hydrogen-bond acceptors (Lipinski definition) is 4. The van der Waals surface area contributed by atoms with Crippen molar-refractivity contribution < 1.29 is 13.2 Å². The predicted octanol–water partition coefficient (Wildman–Crippen LogP) is 0.600. The molecule has 0 amide bonds. The first-order valence-corrected chi connectivity index (χ1v) is 7.52. The number of Topliss-reactive ketones (excluding diaryl/α,β-unsaturated/α-hetero) is 1. The second-order valence-corrected chi connectivity index (χ2v) is 6.71. The number of sulfone groups is 1. The summed E-state index contributed by atoms with van der Waals surface area (Å²) in [5.41, 5.74) is 1.33. The molecular formula is C11H16N2O3S. The van der Waals surface area contributed by atoms with Crippen LogP contribution in [0, 0.1) is 5.92 Å². The molecule has 6 heteroatoms. The van der Waals surface area contributed by atoms with Gasteiger partial charge in [-0.15, -0.1) is 0 Å². The van der Waals surface area contributed by atoms with Gasteiger partial charge in [-0.3, -0.25) is 9.48 Å². The summed E-state index contributed by atoms with van der Waals surface area (Å²) < 4.78 is 24.3. The SMILES string of the molecule is CCc1nn(C)cc1C(=O)C1CCS(=O)(=O)C1. The van der Waals surface area contributed by atoms with Gasteiger partial charge in [0.15, 0.2) is 15.6 Å². The number of nitrogens with zero attached hydrogens (tertiary/aromatic N) is 2. The van der Waals surface area contributed by atoms with Crippen molar-refractivity contribution in [3.8, 4) is 0 Å². The Morgan fingerprint density at radius 1 is 1.59 bits per heavy atom. The van der Waals surface area contributed by atoms with E-state index in [0.29, 0.717) is 18.4 Å². The topological polar surface area (TPSA) is 69.0 Å². The van der Waals surface area contributed by atoms with Crippen molar-refractivity contribution in [1.29, 1.82) is 0 Å². The van der Waals surface area contributed by atoms with Crippen LogP contribution in [0.1, 0.15) is 29.4 Å². The fourth-order valence-electron chi connectivity index (χ4n) is 2.22. The standard InChI is InChI=1S/C11H16N2O3S/c1-3-10-9(6-13(2)12-10)11(14)8-4-5-17(15,16)7-8/h6,8H,3-5,7H2,1-2H3. The Kier molecular flexibility index (Phi) is 3.07. The maximum absolute atomic E-state index is 12.2. The Morgan fingerprint density at radius 3 is 2.82 bits per heavy atom. The van der Waals surface area contributed by atoms with Gasteiger partial charge in [0.05, 0.1) is 22.8 Å². The predicted molar refractivity (Wildman–Crippen MR) is 63.7 cm³/mol. The average molecular weight is 256 g/mol. The van der Waals surface area contributed by atoms with Crippen LogP contribution in [0.5, 0.6) is 0 Å². The fraction of sp³-hybridized carbons (Fsp3) is 0.636. The highest BCUT2D eigenvalue weighted by Crippen LogP contribution is 2.24. The first-order chi connectivity index (χ1) is 7.93. The van der Waals surface area contributed by atoms with Gasteiger partial charge >= 0.3 is 0 Å². The zero-order valence-corrected chi connectivity index (χ0v) is 10.8. The van der Waals surface area contributed by atoms with Crippen molar-refractivity contribution in [3.63, 3.8) is 0 Å². The van der Waals surface area contributed by atoms with Crippen LogP contribution in [-0.4, -0.2) is 35.5 Å². The first kappa shape index (κ1) is 12.3. The Bertz CT molecular complexity index is 545. The average Bonchev–Trinajstić information content (AvgIpc) is 2.80. The van der Waals surface area contributed by atoms with Crippen LogP contribution < -0.4 is 0 Å². The molecule has 0 aliphatic carbocycles. The summed E-state index contributed by atoms with van der Waals surface area (Å²) in [6.45, 7) is 1.94. The molecule has 1 saturated heterocycles. The van der Waals surface area contributed by atoms with Gasteiger partial charge in [0, 0.05) is 19.2 Å². The van der Waals surface area contributed by atoms with E-state index in [1.54, 1.807) is 17.9 Å². The van der Waals surface area contributed by atoms with E-state index in [-0.39, 0.29) is 23.2 Å². The van der Waals surface area contributed by atoms with E-state index in [0.717, 1.165) is 5.69 Å². The second kappa shape index (κ2) is 4.25. The molecule has 5 nitrogen and oxygen atoms in total. The van der Waals surface area contributed by atoms with Gasteiger partial charge in [0.1, 0.15) is 0 Å². The molecule has 1 aromatic rings. The van der Waals surface area contributed by atoms with Gasteiger partial charge in [-0.1, -0.05) is 6.92 Å². The Morgan fingerprint density at radius 2 is 2.29 bits per heavy atom. The van der Waals surface area contributed by atoms with Crippen LogP contribution in [0.4, 0.5) is 0 Å². The molecule has 1 aliphatic rings. The lowest BCUT2D eigenvalue weighted by Crippen LogP contribution is -2.17. The molecule has 0 radical (unpaired) electrons. The molecule has 1 aliphatic heterocycles. The summed E-state index contributed by atoms with van der Waals surface area (Å²) in [4.78, 5) is 12.2. The fourth-order valence-corrected chi connectivity index (χ4v) is 3.96. The third-order valence-corrected chi connectivity index (χ3v) is 4.88. The van der Waals surface area contributed by atoms with E-state index < -0.39 is 9.84 Å². The highest BCUT2D eigenvalue weighted by atomic mass is 32.2. The van der Waals surface area contributed by atoms with E-state index in [1.165, 1.54) is 0 Å². The lowest BCUT2D eigenvalue weighted by molar-refractivity contribution is 0.0932. The molecule has 1 unspecified atom stereocenters. The summed E-state index contributed by atoms with van der Waals surface area (Å²) in [5, 5.41) is 4.20. The molecule has 0 spiro atoms. The van der Waals surface area contributed by atoms with Gasteiger partial charge in [0.2, 0.25) is 0 Å². The van der Waals surface area contributed by atoms with Crippen molar-refractivity contribution >= 4 is 15.6 Å². The van der Waals surface area contributed by atoms with E-state index in [2.05, 4.69) is 5.10 Å². The number of ketones is 1. The monoisotopic (exact) mass is 256 g/mol. The highest BCUT2D eigenvalue weighted by molar-refractivity contribution is 7.91. The highest BCUT2D eigenvalue weighted by Gasteiger charge is 2.34. The second-order valence-electron chi connectivity index (χ2n) is 4.48. The summed E-state index contributed by atoms with van der Waals surface area (Å²) in [6, 6.07) is 0. The third-order valence-electron chi connectivity index (χ3n) is 3.11. The minimum atomic E-state index is -3.01. The Labute approximate surface area is 101 Å². The van der Waals surface area contributed by atoms with Crippen molar-refractivity contribution in [2.45, 2.75) is 19.8 Å². The van der Waals surface area contributed by atoms with E-state index >= 15 is 0 Å². The van der Waals surface area contributed by atoms with Gasteiger partial charge in [-0.05, 0) is 12.8 Å². The number of aryl methyl sites for hydroxylation is 2. The van der Waals surface area contributed by atoms with Gasteiger partial charge < -0.3 is 0 Å². The molecule has 0 N–H and O–H groups in total. The Balaban J connectivity index is 2.26. The molecule has 2 rings (SSSR count). The van der Waals surface area contributed by atoms with E-state index in [9.17, 15) is 13.2 Å². The molecule has 2 heterocycles. The number of carbonyl (C=O) groups excluding carboxylic acids is 1. The van der Waals surface area contributed by atoms with Gasteiger partial charge in [0.25, 0.3) is 0 Å². The molecule has 1 atom stereocenters. The van der Waals surface area contributed by atoms with Crippen LogP contribution in [0.15, 0.2) is 6.20 Å². The van der Waals surface area contributed by atoms with Crippen LogP contribution in [0.2, 0.25) is 0 Å². The van der Waals surface area contributed by atoms with Crippen molar-refractivity contribution in [1.82, 2.24) is 9.78 Å². The molecule has 94 valence electrons. The lowest BCUT2D eigenvalue weighted by atomic mass is 9.97. The first-order valence-electron chi connectivity index (χ1n) is 5.70. The molecule has 0 saturated carbocycles. The number of aromatic nitrogens is 2. The smallest absolute Gasteiger partial charge is 0.170 e. The van der Waals surface area contributed by atoms with E-state index in [4.69, 9.17) is 0 Å². The molecule has 1 fully saturated rings. The van der Waals surface area contributed by atoms with Gasteiger partial charge in [-0.2, -0.15) is 5.10 Å². The Hall–Kier alpha value is -1.17. The quantitative estimate of drug-likeness (QED) is 0.743. The van der Waals surface area contributed by atoms with E-state index in [1.807, 2.05) is 6.92 Å². The van der Waals surface area contributed by atoms with Crippen LogP contribution in [-0.2, 0) is 23.3 Å². The minimum absolute atomic E-state index is 0.0100. The third kappa shape index (κ3) is 2.41. The minimum Gasteiger partial charge on any atom is -0.294 e. The molecular weight excluding hydrogens is 240 g/mol. The maximum atomic E-state index is 12.2. The number of hydrogen-bond donors (Lipinski definition) is 0. The molecule has 0 bridgehead atoms. The molecule has 0 aromatic carbocycles. The number of rotatable bonds is 3. The van der Waals surface area contributed by atoms with Crippen LogP contribution >= 0.6 is 0 Å². The lowest BCUT2D eigenvalue weighted by Gasteiger charge is -2.05. The number of carbonyl (C=O) groups is 1. The normalized spacial score (nSPS) is 22.8. The van der Waals surface area contributed by atoms with Crippen LogP contribution in [0.3, 0.4) is 0 Å². The summed E-state index contributed by atoms with van der Waals surface area (Å²) in [6.07, 6.45) is 2.81. The summed E-state index contributed by atoms with van der Waals surface area (Å²) >= 11 is 0. The molecule has 1 aromatic heterocycles. The largest absolute Gasteiger partial charge is 0.294 e. The van der Waals surface area contributed by atoms with Crippen molar-refractivity contribution in [2.24, 2.45) is 13.0 Å². The summed E-state index contributed by atoms with van der Waals surface area (Å²) in [5.74, 6) is -0.333. The van der Waals surface area contributed by atoms with Crippen LogP contribution in [0.25, 0.3) is 0 Å². The van der Waals surface area contributed by atoms with Gasteiger partial charge in [-0.25, -0.2) is 8.42 Å². The zero-order chi connectivity index (χ0) is 12.6. The summed E-state index contributed by atoms with van der Waals surface area (Å²) in [7, 11) is -1.24. The van der Waals surface area contributed by atoms with Crippen molar-refractivity contribution in [2.75, 3.05) is 11.5 Å². The maximum Gasteiger partial charge on any atom is 0.170 e. The molecule has 17 heavy (non-hydrogen) atoms.